The summed E-state index contributed by atoms with van der Waals surface area (Å²) < 4.78 is 0. The van der Waals surface area contributed by atoms with Crippen LogP contribution in [0.3, 0.4) is 0 Å². The Hall–Kier alpha value is 1.16. The van der Waals surface area contributed by atoms with Gasteiger partial charge in [-0.05, 0) is 0 Å². The van der Waals surface area contributed by atoms with Crippen LogP contribution in [0, 0.1) is 55.3 Å². The van der Waals surface area contributed by atoms with E-state index in [2.05, 4.69) is 0 Å². The van der Waals surface area contributed by atoms with Crippen molar-refractivity contribution in [1.82, 2.24) is 0 Å². The van der Waals surface area contributed by atoms with Crippen molar-refractivity contribution in [1.29, 1.82) is 0 Å². The first-order chi connectivity index (χ1) is 1.73. The van der Waals surface area contributed by atoms with Gasteiger partial charge in [0.25, 0.3) is 0 Å². The molecule has 0 saturated heterocycles. The van der Waals surface area contributed by atoms with Gasteiger partial charge in [-0.3, -0.25) is 0 Å². The van der Waals surface area contributed by atoms with Crippen molar-refractivity contribution in [3.05, 3.63) is 15.3 Å². The van der Waals surface area contributed by atoms with Gasteiger partial charge in [0.05, 0.1) is 5.09 Å². The summed E-state index contributed by atoms with van der Waals surface area (Å²) in [5.74, 6) is 0. The molecule has 6 heavy (non-hydrogen) atoms. The third kappa shape index (κ3) is 66.3. The summed E-state index contributed by atoms with van der Waals surface area (Å²) >= 11 is 0. The number of rotatable bonds is 0. The van der Waals surface area contributed by atoms with Crippen LogP contribution >= 0.6 is 0 Å². The predicted octanol–water partition coefficient (Wildman–Crippen LogP) is -1.42. The fourth-order valence-electron chi connectivity index (χ4n) is 0. The molecule has 0 atom stereocenters. The topological polar surface area (TPSA) is 66.2 Å². The van der Waals surface area contributed by atoms with Crippen LogP contribution in [-0.2, 0) is 0 Å². The molecule has 0 amide bonds. The van der Waals surface area contributed by atoms with Gasteiger partial charge in [0.2, 0.25) is 0 Å². The molecule has 0 unspecified atom stereocenters. The van der Waals surface area contributed by atoms with Crippen molar-refractivity contribution in [2.24, 2.45) is 0 Å². The second-order valence-corrected chi connectivity index (χ2v) is 0.224. The van der Waals surface area contributed by atoms with E-state index in [4.69, 9.17) is 15.3 Å². The zero-order chi connectivity index (χ0) is 3.58. The number of hydrogen-bond acceptors (Lipinski definition) is 3. The van der Waals surface area contributed by atoms with E-state index in [1.165, 1.54) is 0 Å². The molecule has 0 fully saturated rings. The maximum Gasteiger partial charge on any atom is 0 e. The van der Waals surface area contributed by atoms with Crippen LogP contribution in [0.25, 0.3) is 0 Å². The van der Waals surface area contributed by atoms with Crippen molar-refractivity contribution in [3.63, 3.8) is 0 Å². The average molecular weight is 292 g/mol. The standard InChI is InChI=1S/Ga.Gd.NO3.3H/c;;2-1(3)4;;;/q;;-1;;;. The number of hydrogen-bond donors (Lipinski definition) is 0. The summed E-state index contributed by atoms with van der Waals surface area (Å²) in [6.45, 7) is 0. The first kappa shape index (κ1) is 15.7. The van der Waals surface area contributed by atoms with Gasteiger partial charge in [-0.2, -0.15) is 0 Å². The Morgan fingerprint density at radius 1 is 1.33 bits per heavy atom. The van der Waals surface area contributed by atoms with E-state index in [0.29, 0.717) is 0 Å². The minimum Gasteiger partial charge on any atom is 0 e. The molecule has 0 radical (unpaired) electrons. The molecule has 6 heteroatoms. The molecule has 0 bridgehead atoms. The molecule has 0 aliphatic carbocycles. The van der Waals surface area contributed by atoms with E-state index in [1.807, 2.05) is 0 Å². The van der Waals surface area contributed by atoms with Crippen LogP contribution < -0.4 is 0 Å². The van der Waals surface area contributed by atoms with Crippen LogP contribution in [0.2, 0.25) is 0 Å². The first-order valence-corrected chi connectivity index (χ1v) is 0.548. The Kier molecular flexibility index (Phi) is 24.8. The van der Waals surface area contributed by atoms with Crippen molar-refractivity contribution >= 4 is 19.8 Å². The quantitative estimate of drug-likeness (QED) is 0.312. The maximum absolute atomic E-state index is 8.25. The molecule has 4 nitrogen and oxygen atoms in total. The molecule has 0 N–H and O–H groups in total. The van der Waals surface area contributed by atoms with E-state index < -0.39 is 5.09 Å². The summed E-state index contributed by atoms with van der Waals surface area (Å²) in [5.41, 5.74) is 0. The minimum atomic E-state index is -1.75. The molecular formula is H3GaGdNO3-. The molecule has 0 rings (SSSR count). The summed E-state index contributed by atoms with van der Waals surface area (Å²) in [6, 6.07) is 0. The van der Waals surface area contributed by atoms with Crippen molar-refractivity contribution in [2.45, 2.75) is 0 Å². The van der Waals surface area contributed by atoms with Crippen molar-refractivity contribution in [2.75, 3.05) is 0 Å². The van der Waals surface area contributed by atoms with Crippen molar-refractivity contribution in [3.8, 4) is 0 Å². The Morgan fingerprint density at radius 2 is 1.33 bits per heavy atom. The van der Waals surface area contributed by atoms with Gasteiger partial charge in [0.1, 0.15) is 0 Å². The largest absolute Gasteiger partial charge is 0 e. The third-order valence-electron chi connectivity index (χ3n) is 0. The predicted molar refractivity (Wildman–Crippen MR) is 20.3 cm³/mol. The Bertz CT molecular complexity index is 33.8. The maximum atomic E-state index is 8.25. The molecule has 0 saturated carbocycles. The summed E-state index contributed by atoms with van der Waals surface area (Å²) in [4.78, 5) is 8.25. The SMILES string of the molecule is O=[N+]([O-])[O-].[GaH3].[Gd]. The van der Waals surface area contributed by atoms with Crippen LogP contribution in [0.15, 0.2) is 0 Å². The van der Waals surface area contributed by atoms with Gasteiger partial charge >= 0.3 is 19.8 Å². The van der Waals surface area contributed by atoms with E-state index in [0.717, 1.165) is 0 Å². The van der Waals surface area contributed by atoms with Crippen LogP contribution in [0.5, 0.6) is 0 Å². The molecule has 0 aromatic heterocycles. The van der Waals surface area contributed by atoms with Crippen molar-refractivity contribution < 1.29 is 45.0 Å². The van der Waals surface area contributed by atoms with E-state index in [-0.39, 0.29) is 59.7 Å². The summed E-state index contributed by atoms with van der Waals surface area (Å²) in [7, 11) is 0. The van der Waals surface area contributed by atoms with Crippen LogP contribution in [-0.4, -0.2) is 24.9 Å². The average Bonchev–Trinajstić information content (AvgIpc) is 0.811. The number of nitrogens with zero attached hydrogens (tertiary/aromatic N) is 1. The minimum absolute atomic E-state index is 0. The zero-order valence-electron chi connectivity index (χ0n) is 2.03. The molecule has 0 aromatic rings. The molecule has 0 spiro atoms. The Morgan fingerprint density at radius 3 is 1.33 bits per heavy atom. The van der Waals surface area contributed by atoms with E-state index in [1.54, 1.807) is 0 Å². The monoisotopic (exact) mass is 292 g/mol. The smallest absolute Gasteiger partial charge is 0 e. The zero-order valence-corrected chi connectivity index (χ0v) is 4.29. The first-order valence-electron chi connectivity index (χ1n) is 0.548. The third-order valence-corrected chi connectivity index (χ3v) is 0. The summed E-state index contributed by atoms with van der Waals surface area (Å²) in [6.07, 6.45) is 0. The van der Waals surface area contributed by atoms with Crippen LogP contribution in [0.4, 0.5) is 0 Å². The van der Waals surface area contributed by atoms with Crippen LogP contribution in [0.1, 0.15) is 0 Å². The van der Waals surface area contributed by atoms with Gasteiger partial charge in [0.15, 0.2) is 0 Å². The molecule has 0 aliphatic rings. The molecule has 0 aliphatic heterocycles. The normalized spacial score (nSPS) is 4.00. The molecule has 38 valence electrons. The molecule has 0 heterocycles. The van der Waals surface area contributed by atoms with E-state index >= 15 is 0 Å². The Labute approximate surface area is 79.1 Å². The second-order valence-electron chi connectivity index (χ2n) is 0.224. The van der Waals surface area contributed by atoms with Gasteiger partial charge in [-0.1, -0.05) is 0 Å². The fraction of sp³-hybridized carbons (Fsp3) is 0. The second kappa shape index (κ2) is 9.48. The molecule has 0 aromatic carbocycles. The van der Waals surface area contributed by atoms with Gasteiger partial charge < -0.3 is 15.3 Å². The van der Waals surface area contributed by atoms with Gasteiger partial charge in [-0.15, -0.1) is 0 Å². The van der Waals surface area contributed by atoms with Gasteiger partial charge in [0, 0.05) is 39.9 Å². The van der Waals surface area contributed by atoms with Gasteiger partial charge in [-0.25, -0.2) is 0 Å². The Balaban J connectivity index is -0.0000000450. The summed E-state index contributed by atoms with van der Waals surface area (Å²) in [5, 5.41) is 14.8. The molecular weight excluding hydrogens is 289 g/mol. The van der Waals surface area contributed by atoms with E-state index in [9.17, 15) is 0 Å². The fourth-order valence-corrected chi connectivity index (χ4v) is 0.